The molecule has 29 heavy (non-hydrogen) atoms. The topological polar surface area (TPSA) is 71.5 Å². The van der Waals surface area contributed by atoms with Gasteiger partial charge in [-0.15, -0.1) is 0 Å². The first kappa shape index (κ1) is 19.0. The minimum Gasteiger partial charge on any atom is -0.456 e. The summed E-state index contributed by atoms with van der Waals surface area (Å²) in [4.78, 5) is 30.6. The summed E-state index contributed by atoms with van der Waals surface area (Å²) in [5.74, 6) is 0.516. The molecule has 1 aliphatic heterocycles. The zero-order valence-corrected chi connectivity index (χ0v) is 16.2. The fourth-order valence-corrected chi connectivity index (χ4v) is 3.42. The van der Waals surface area contributed by atoms with E-state index in [1.807, 2.05) is 12.1 Å². The Morgan fingerprint density at radius 2 is 1.86 bits per heavy atom. The van der Waals surface area contributed by atoms with Gasteiger partial charge in [-0.2, -0.15) is 0 Å². The Hall–Kier alpha value is -3.38. The van der Waals surface area contributed by atoms with Crippen LogP contribution in [0.2, 0.25) is 5.02 Å². The number of halogens is 1. The number of hydrogen-bond donors (Lipinski definition) is 1. The highest BCUT2D eigenvalue weighted by molar-refractivity contribution is 6.33. The molecular weight excluding hydrogens is 390 g/mol. The quantitative estimate of drug-likeness (QED) is 0.675. The van der Waals surface area contributed by atoms with Gasteiger partial charge in [-0.05, 0) is 48.5 Å². The van der Waals surface area contributed by atoms with Crippen molar-refractivity contribution in [2.75, 3.05) is 16.8 Å². The van der Waals surface area contributed by atoms with Gasteiger partial charge in [0.05, 0.1) is 22.8 Å². The largest absolute Gasteiger partial charge is 0.456 e. The first-order valence-corrected chi connectivity index (χ1v) is 9.51. The summed E-state index contributed by atoms with van der Waals surface area (Å²) in [5, 5.41) is 3.36. The summed E-state index contributed by atoms with van der Waals surface area (Å²) in [5.41, 5.74) is 1.27. The molecule has 1 aliphatic rings. The number of nitrogens with zero attached hydrogens (tertiary/aromatic N) is 2. The van der Waals surface area contributed by atoms with Gasteiger partial charge < -0.3 is 15.0 Å². The van der Waals surface area contributed by atoms with Crippen LogP contribution in [0.5, 0.6) is 11.5 Å². The summed E-state index contributed by atoms with van der Waals surface area (Å²) in [6.07, 6.45) is 3.45. The van der Waals surface area contributed by atoms with E-state index in [-0.39, 0.29) is 18.2 Å². The van der Waals surface area contributed by atoms with E-state index in [9.17, 15) is 9.59 Å². The fourth-order valence-electron chi connectivity index (χ4n) is 3.18. The minimum atomic E-state index is -0.440. The Morgan fingerprint density at radius 1 is 1.07 bits per heavy atom. The van der Waals surface area contributed by atoms with Crippen LogP contribution in [-0.2, 0) is 9.59 Å². The lowest BCUT2D eigenvalue weighted by Crippen LogP contribution is -2.28. The number of rotatable bonds is 5. The molecule has 1 unspecified atom stereocenters. The molecule has 1 saturated heterocycles. The van der Waals surface area contributed by atoms with Gasteiger partial charge in [-0.3, -0.25) is 14.6 Å². The summed E-state index contributed by atoms with van der Waals surface area (Å²) in [6.45, 7) is 0.302. The lowest BCUT2D eigenvalue weighted by Gasteiger charge is -2.18. The van der Waals surface area contributed by atoms with Crippen molar-refractivity contribution >= 4 is 34.8 Å². The average Bonchev–Trinajstić information content (AvgIpc) is 3.12. The lowest BCUT2D eigenvalue weighted by atomic mass is 10.1. The highest BCUT2D eigenvalue weighted by Crippen LogP contribution is 2.31. The van der Waals surface area contributed by atoms with Gasteiger partial charge in [0.2, 0.25) is 11.8 Å². The maximum absolute atomic E-state index is 12.6. The van der Waals surface area contributed by atoms with E-state index in [1.165, 1.54) is 0 Å². The van der Waals surface area contributed by atoms with Crippen LogP contribution in [0.3, 0.4) is 0 Å². The van der Waals surface area contributed by atoms with E-state index >= 15 is 0 Å². The molecule has 1 N–H and O–H groups in total. The van der Waals surface area contributed by atoms with Crippen molar-refractivity contribution < 1.29 is 14.3 Å². The second-order valence-electron chi connectivity index (χ2n) is 6.66. The third kappa shape index (κ3) is 4.38. The highest BCUT2D eigenvalue weighted by atomic mass is 35.5. The Labute approximate surface area is 173 Å². The van der Waals surface area contributed by atoms with E-state index in [2.05, 4.69) is 10.3 Å². The summed E-state index contributed by atoms with van der Waals surface area (Å²) in [7, 11) is 0. The molecule has 0 radical (unpaired) electrons. The van der Waals surface area contributed by atoms with Gasteiger partial charge >= 0.3 is 0 Å². The summed E-state index contributed by atoms with van der Waals surface area (Å²) < 4.78 is 5.69. The first-order valence-electron chi connectivity index (χ1n) is 9.14. The third-order valence-corrected chi connectivity index (χ3v) is 4.95. The lowest BCUT2D eigenvalue weighted by molar-refractivity contribution is -0.122. The number of aromatic nitrogens is 1. The van der Waals surface area contributed by atoms with Crippen molar-refractivity contribution in [1.82, 2.24) is 4.98 Å². The SMILES string of the molecule is O=C(Nc1ccc(Oc2cccnc2)cc1)C1CC(=O)N(c2ccccc2Cl)C1. The molecule has 4 rings (SSSR count). The van der Waals surface area contributed by atoms with Crippen LogP contribution in [0.15, 0.2) is 73.1 Å². The Morgan fingerprint density at radius 3 is 2.59 bits per heavy atom. The Kier molecular flexibility index (Phi) is 5.44. The van der Waals surface area contributed by atoms with Crippen LogP contribution in [0.1, 0.15) is 6.42 Å². The van der Waals surface area contributed by atoms with Gasteiger partial charge in [0.25, 0.3) is 0 Å². The molecule has 0 bridgehead atoms. The number of benzene rings is 2. The van der Waals surface area contributed by atoms with Crippen LogP contribution in [0.4, 0.5) is 11.4 Å². The van der Waals surface area contributed by atoms with Crippen LogP contribution >= 0.6 is 11.6 Å². The van der Waals surface area contributed by atoms with Crippen molar-refractivity contribution in [1.29, 1.82) is 0 Å². The van der Waals surface area contributed by atoms with E-state index in [1.54, 1.807) is 65.8 Å². The number of carbonyl (C=O) groups is 2. The normalized spacial score (nSPS) is 16.0. The number of amides is 2. The second-order valence-corrected chi connectivity index (χ2v) is 7.07. The molecule has 3 aromatic rings. The number of pyridine rings is 1. The van der Waals surface area contributed by atoms with E-state index < -0.39 is 5.92 Å². The monoisotopic (exact) mass is 407 g/mol. The molecule has 6 nitrogen and oxygen atoms in total. The van der Waals surface area contributed by atoms with Crippen molar-refractivity contribution in [2.24, 2.45) is 5.92 Å². The molecule has 1 atom stereocenters. The van der Waals surface area contributed by atoms with Crippen molar-refractivity contribution in [2.45, 2.75) is 6.42 Å². The molecule has 1 aromatic heterocycles. The molecule has 1 fully saturated rings. The average molecular weight is 408 g/mol. The number of nitrogens with one attached hydrogen (secondary N) is 1. The molecule has 2 amide bonds. The standard InChI is InChI=1S/C22H18ClN3O3/c23-19-5-1-2-6-20(19)26-14-15(12-21(26)27)22(28)25-16-7-9-17(10-8-16)29-18-4-3-11-24-13-18/h1-11,13,15H,12,14H2,(H,25,28). The summed E-state index contributed by atoms with van der Waals surface area (Å²) in [6, 6.07) is 17.8. The smallest absolute Gasteiger partial charge is 0.229 e. The molecule has 0 saturated carbocycles. The molecule has 2 heterocycles. The van der Waals surface area contributed by atoms with Crippen molar-refractivity contribution in [3.8, 4) is 11.5 Å². The molecular formula is C22H18ClN3O3. The van der Waals surface area contributed by atoms with Gasteiger partial charge in [0, 0.05) is 24.8 Å². The zero-order valence-electron chi connectivity index (χ0n) is 15.4. The number of ether oxygens (including phenoxy) is 1. The van der Waals surface area contributed by atoms with Crippen molar-refractivity contribution in [3.63, 3.8) is 0 Å². The Balaban J connectivity index is 1.38. The maximum Gasteiger partial charge on any atom is 0.229 e. The Bertz CT molecular complexity index is 1020. The van der Waals surface area contributed by atoms with E-state index in [0.717, 1.165) is 0 Å². The highest BCUT2D eigenvalue weighted by Gasteiger charge is 2.35. The molecule has 7 heteroatoms. The fraction of sp³-hybridized carbons (Fsp3) is 0.136. The summed E-state index contributed by atoms with van der Waals surface area (Å²) >= 11 is 6.19. The molecule has 2 aromatic carbocycles. The second kappa shape index (κ2) is 8.32. The number of hydrogen-bond acceptors (Lipinski definition) is 4. The van der Waals surface area contributed by atoms with E-state index in [4.69, 9.17) is 16.3 Å². The third-order valence-electron chi connectivity index (χ3n) is 4.63. The van der Waals surface area contributed by atoms with Gasteiger partial charge in [0.1, 0.15) is 11.5 Å². The van der Waals surface area contributed by atoms with Crippen LogP contribution in [-0.4, -0.2) is 23.3 Å². The number of anilines is 2. The number of carbonyl (C=O) groups excluding carboxylic acids is 2. The van der Waals surface area contributed by atoms with E-state index in [0.29, 0.717) is 34.4 Å². The molecule has 0 aliphatic carbocycles. The maximum atomic E-state index is 12.6. The predicted octanol–water partition coefficient (Wildman–Crippen LogP) is 4.52. The minimum absolute atomic E-state index is 0.113. The molecule has 146 valence electrons. The number of para-hydroxylation sites is 1. The van der Waals surface area contributed by atoms with Gasteiger partial charge in [-0.1, -0.05) is 23.7 Å². The predicted molar refractivity (Wildman–Crippen MR) is 111 cm³/mol. The molecule has 0 spiro atoms. The van der Waals surface area contributed by atoms with Gasteiger partial charge in [0.15, 0.2) is 0 Å². The van der Waals surface area contributed by atoms with Crippen LogP contribution in [0, 0.1) is 5.92 Å². The van der Waals surface area contributed by atoms with Crippen molar-refractivity contribution in [3.05, 3.63) is 78.1 Å². The first-order chi connectivity index (χ1) is 14.1. The van der Waals surface area contributed by atoms with Crippen LogP contribution < -0.4 is 15.0 Å². The van der Waals surface area contributed by atoms with Gasteiger partial charge in [-0.25, -0.2) is 0 Å². The van der Waals surface area contributed by atoms with Crippen LogP contribution in [0.25, 0.3) is 0 Å². The zero-order chi connectivity index (χ0) is 20.2.